The maximum atomic E-state index is 12.7. The van der Waals surface area contributed by atoms with Crippen molar-refractivity contribution >= 4 is 35.9 Å². The Balaban J connectivity index is 0.00000400. The maximum Gasteiger partial charge on any atom is 0.353 e. The lowest BCUT2D eigenvalue weighted by Gasteiger charge is -2.37. The van der Waals surface area contributed by atoms with Gasteiger partial charge in [0.2, 0.25) is 5.91 Å². The van der Waals surface area contributed by atoms with Crippen LogP contribution in [-0.2, 0) is 4.79 Å². The van der Waals surface area contributed by atoms with Crippen molar-refractivity contribution in [3.05, 3.63) is 28.8 Å². The summed E-state index contributed by atoms with van der Waals surface area (Å²) in [5.41, 5.74) is 11.5. The molecule has 2 aliphatic carbocycles. The van der Waals surface area contributed by atoms with Gasteiger partial charge in [0.15, 0.2) is 0 Å². The van der Waals surface area contributed by atoms with Gasteiger partial charge < -0.3 is 26.6 Å². The highest BCUT2D eigenvalue weighted by Crippen LogP contribution is 2.26. The van der Waals surface area contributed by atoms with E-state index in [-0.39, 0.29) is 30.2 Å². The SMILES string of the molecule is CC(C)(N)C(=O)N1CCN(C(=O)Nc2ccn(C3=CCC(CNC4CCC(N)CC4)CC3)c(=O)n2)CC1.Cl. The summed E-state index contributed by atoms with van der Waals surface area (Å²) in [5.74, 6) is 0.652. The van der Waals surface area contributed by atoms with Crippen LogP contribution in [-0.4, -0.2) is 81.6 Å². The molecule has 0 bridgehead atoms. The first-order chi connectivity index (χ1) is 17.6. The zero-order valence-corrected chi connectivity index (χ0v) is 23.3. The van der Waals surface area contributed by atoms with E-state index in [9.17, 15) is 14.4 Å². The van der Waals surface area contributed by atoms with Gasteiger partial charge in [-0.3, -0.25) is 14.7 Å². The Hall–Kier alpha value is -2.47. The highest BCUT2D eigenvalue weighted by Gasteiger charge is 2.31. The number of hydrogen-bond donors (Lipinski definition) is 4. The molecule has 0 spiro atoms. The Morgan fingerprint density at radius 3 is 2.32 bits per heavy atom. The van der Waals surface area contributed by atoms with Crippen LogP contribution in [0.3, 0.4) is 0 Å². The van der Waals surface area contributed by atoms with Crippen LogP contribution in [0.4, 0.5) is 10.6 Å². The second-order valence-corrected chi connectivity index (χ2v) is 11.3. The molecule has 11 nitrogen and oxygen atoms in total. The Kier molecular flexibility index (Phi) is 10.3. The molecule has 2 heterocycles. The van der Waals surface area contributed by atoms with Crippen molar-refractivity contribution < 1.29 is 9.59 Å². The zero-order valence-electron chi connectivity index (χ0n) is 22.5. The average molecular weight is 551 g/mol. The van der Waals surface area contributed by atoms with Gasteiger partial charge in [-0.05, 0) is 77.3 Å². The molecule has 6 N–H and O–H groups in total. The van der Waals surface area contributed by atoms with E-state index in [1.54, 1.807) is 40.5 Å². The van der Waals surface area contributed by atoms with Crippen molar-refractivity contribution in [3.8, 4) is 0 Å². The van der Waals surface area contributed by atoms with Gasteiger partial charge in [0, 0.05) is 50.2 Å². The summed E-state index contributed by atoms with van der Waals surface area (Å²) in [6, 6.07) is 2.25. The van der Waals surface area contributed by atoms with Crippen molar-refractivity contribution in [2.24, 2.45) is 17.4 Å². The normalized spacial score (nSPS) is 24.3. The van der Waals surface area contributed by atoms with E-state index >= 15 is 0 Å². The molecule has 212 valence electrons. The highest BCUT2D eigenvalue weighted by atomic mass is 35.5. The van der Waals surface area contributed by atoms with Gasteiger partial charge in [-0.1, -0.05) is 6.08 Å². The number of piperazine rings is 1. The van der Waals surface area contributed by atoms with E-state index in [1.165, 1.54) is 0 Å². The summed E-state index contributed by atoms with van der Waals surface area (Å²) in [6.45, 7) is 5.97. The lowest BCUT2D eigenvalue weighted by Crippen LogP contribution is -2.58. The number of carbonyl (C=O) groups is 2. The molecule has 1 atom stereocenters. The molecule has 1 unspecified atom stereocenters. The third kappa shape index (κ3) is 7.78. The standard InChI is InChI=1S/C26H42N8O3.ClH/c1-26(2,28)23(35)32-13-15-33(16-14-32)24(36)30-22-11-12-34(25(37)31-22)21-9-3-18(4-10-21)17-29-20-7-5-19(27)6-8-20;/h9,11-12,18-20,29H,3-8,10,13-17,27-28H2,1-2H3,(H,30,31,36,37);1H. The number of aromatic nitrogens is 2. The number of rotatable bonds is 6. The van der Waals surface area contributed by atoms with E-state index in [1.807, 2.05) is 0 Å². The molecule has 1 aliphatic heterocycles. The topological polar surface area (TPSA) is 152 Å². The predicted molar refractivity (Wildman–Crippen MR) is 151 cm³/mol. The number of allylic oxidation sites excluding steroid dienone is 2. The molecule has 1 saturated carbocycles. The molecule has 4 rings (SSSR count). The van der Waals surface area contributed by atoms with Crippen molar-refractivity contribution in [3.63, 3.8) is 0 Å². The van der Waals surface area contributed by atoms with Crippen molar-refractivity contribution in [1.82, 2.24) is 24.7 Å². The number of nitrogens with zero attached hydrogens (tertiary/aromatic N) is 4. The summed E-state index contributed by atoms with van der Waals surface area (Å²) in [5, 5.41) is 6.42. The molecule has 0 aromatic carbocycles. The molecule has 38 heavy (non-hydrogen) atoms. The zero-order chi connectivity index (χ0) is 26.6. The third-order valence-corrected chi connectivity index (χ3v) is 7.72. The first-order valence-electron chi connectivity index (χ1n) is 13.5. The fourth-order valence-electron chi connectivity index (χ4n) is 5.34. The molecule has 2 fully saturated rings. The van der Waals surface area contributed by atoms with Gasteiger partial charge in [-0.2, -0.15) is 4.98 Å². The second-order valence-electron chi connectivity index (χ2n) is 11.3. The van der Waals surface area contributed by atoms with Crippen LogP contribution >= 0.6 is 12.4 Å². The van der Waals surface area contributed by atoms with Crippen LogP contribution < -0.4 is 27.8 Å². The van der Waals surface area contributed by atoms with E-state index in [2.05, 4.69) is 21.7 Å². The van der Waals surface area contributed by atoms with Crippen LogP contribution in [0.5, 0.6) is 0 Å². The van der Waals surface area contributed by atoms with Gasteiger partial charge in [-0.25, -0.2) is 9.59 Å². The number of urea groups is 1. The maximum absolute atomic E-state index is 12.7. The van der Waals surface area contributed by atoms with Gasteiger partial charge in [0.1, 0.15) is 5.82 Å². The van der Waals surface area contributed by atoms with E-state index < -0.39 is 11.2 Å². The first-order valence-corrected chi connectivity index (χ1v) is 13.5. The van der Waals surface area contributed by atoms with E-state index in [4.69, 9.17) is 11.5 Å². The molecule has 12 heteroatoms. The summed E-state index contributed by atoms with van der Waals surface area (Å²) < 4.78 is 1.57. The largest absolute Gasteiger partial charge is 0.353 e. The highest BCUT2D eigenvalue weighted by molar-refractivity contribution is 5.89. The number of nitrogens with one attached hydrogen (secondary N) is 2. The number of hydrogen-bond acceptors (Lipinski definition) is 7. The number of anilines is 1. The smallest absolute Gasteiger partial charge is 0.338 e. The molecule has 1 aromatic rings. The predicted octanol–water partition coefficient (Wildman–Crippen LogP) is 1.58. The lowest BCUT2D eigenvalue weighted by molar-refractivity contribution is -0.137. The van der Waals surface area contributed by atoms with Gasteiger partial charge in [0.05, 0.1) is 5.54 Å². The average Bonchev–Trinajstić information content (AvgIpc) is 2.88. The molecule has 0 radical (unpaired) electrons. The van der Waals surface area contributed by atoms with E-state index in [0.717, 1.165) is 57.2 Å². The molecule has 3 amide bonds. The van der Waals surface area contributed by atoms with Gasteiger partial charge in [0.25, 0.3) is 0 Å². The van der Waals surface area contributed by atoms with Crippen molar-refractivity contribution in [1.29, 1.82) is 0 Å². The number of amides is 3. The fourth-order valence-corrected chi connectivity index (χ4v) is 5.34. The van der Waals surface area contributed by atoms with Crippen LogP contribution in [0, 0.1) is 5.92 Å². The minimum absolute atomic E-state index is 0. The molecular weight excluding hydrogens is 508 g/mol. The van der Waals surface area contributed by atoms with Crippen LogP contribution in [0.15, 0.2) is 23.1 Å². The third-order valence-electron chi connectivity index (χ3n) is 7.72. The first kappa shape index (κ1) is 30.1. The van der Waals surface area contributed by atoms with Gasteiger partial charge in [-0.15, -0.1) is 12.4 Å². The summed E-state index contributed by atoms with van der Waals surface area (Å²) >= 11 is 0. The summed E-state index contributed by atoms with van der Waals surface area (Å²) in [6.07, 6.45) is 11.1. The molecular formula is C26H43ClN8O3. The van der Waals surface area contributed by atoms with Crippen LogP contribution in [0.1, 0.15) is 58.8 Å². The number of nitrogens with two attached hydrogens (primary N) is 2. The Bertz CT molecular complexity index is 1050. The van der Waals surface area contributed by atoms with Crippen molar-refractivity contribution in [2.45, 2.75) is 76.4 Å². The minimum Gasteiger partial charge on any atom is -0.338 e. The monoisotopic (exact) mass is 550 g/mol. The minimum atomic E-state index is -0.937. The fraction of sp³-hybridized carbons (Fsp3) is 0.692. The number of halogens is 1. The van der Waals surface area contributed by atoms with Crippen LogP contribution in [0.2, 0.25) is 0 Å². The Labute approximate surface area is 230 Å². The summed E-state index contributed by atoms with van der Waals surface area (Å²) in [7, 11) is 0. The second kappa shape index (κ2) is 13.1. The van der Waals surface area contributed by atoms with Crippen molar-refractivity contribution in [2.75, 3.05) is 38.0 Å². The lowest BCUT2D eigenvalue weighted by atomic mass is 9.89. The van der Waals surface area contributed by atoms with Crippen LogP contribution in [0.25, 0.3) is 5.70 Å². The van der Waals surface area contributed by atoms with E-state index in [0.29, 0.717) is 44.2 Å². The Morgan fingerprint density at radius 2 is 1.74 bits per heavy atom. The summed E-state index contributed by atoms with van der Waals surface area (Å²) in [4.78, 5) is 45.1. The number of carbonyl (C=O) groups excluding carboxylic acids is 2. The molecule has 3 aliphatic rings. The quantitative estimate of drug-likeness (QED) is 0.419. The Morgan fingerprint density at radius 1 is 1.08 bits per heavy atom. The molecule has 1 saturated heterocycles. The molecule has 1 aromatic heterocycles. The van der Waals surface area contributed by atoms with Gasteiger partial charge >= 0.3 is 11.7 Å².